The van der Waals surface area contributed by atoms with Gasteiger partial charge < -0.3 is 10.1 Å². The Hall–Kier alpha value is -1.07. The van der Waals surface area contributed by atoms with Crippen LogP contribution >= 0.6 is 27.5 Å². The molecule has 0 radical (unpaired) electrons. The van der Waals surface area contributed by atoms with Crippen LogP contribution in [0.2, 0.25) is 5.02 Å². The van der Waals surface area contributed by atoms with Crippen molar-refractivity contribution in [1.82, 2.24) is 5.32 Å². The molecule has 1 amide bonds. The number of hydrogen-bond acceptors (Lipinski definition) is 3. The van der Waals surface area contributed by atoms with Crippen molar-refractivity contribution in [1.29, 1.82) is 0 Å². The molecule has 18 heavy (non-hydrogen) atoms. The van der Waals surface area contributed by atoms with Gasteiger partial charge in [-0.3, -0.25) is 9.59 Å². The van der Waals surface area contributed by atoms with E-state index in [0.717, 1.165) is 10.0 Å². The van der Waals surface area contributed by atoms with Gasteiger partial charge >= 0.3 is 5.97 Å². The quantitative estimate of drug-likeness (QED) is 0.841. The fourth-order valence-corrected chi connectivity index (χ4v) is 2.07. The van der Waals surface area contributed by atoms with Crippen LogP contribution in [0.4, 0.5) is 0 Å². The number of halogens is 2. The monoisotopic (exact) mass is 333 g/mol. The van der Waals surface area contributed by atoms with Gasteiger partial charge in [-0.15, -0.1) is 0 Å². The summed E-state index contributed by atoms with van der Waals surface area (Å²) in [7, 11) is 1.27. The number of ether oxygens (including phenoxy) is 1. The van der Waals surface area contributed by atoms with Crippen molar-refractivity contribution < 1.29 is 14.3 Å². The predicted molar refractivity (Wildman–Crippen MR) is 72.5 cm³/mol. The standard InChI is InChI=1S/C12H13BrClNO3/c1-18-12(17)7-15-11(16)5-3-8-2-4-9(13)6-10(8)14/h2,4,6H,3,5,7H2,1H3,(H,15,16). The average Bonchev–Trinajstić information content (AvgIpc) is 2.34. The third-order valence-electron chi connectivity index (χ3n) is 2.29. The molecule has 0 bridgehead atoms. The fraction of sp³-hybridized carbons (Fsp3) is 0.333. The summed E-state index contributed by atoms with van der Waals surface area (Å²) >= 11 is 9.34. The molecular weight excluding hydrogens is 321 g/mol. The number of benzene rings is 1. The van der Waals surface area contributed by atoms with Gasteiger partial charge in [0.25, 0.3) is 0 Å². The molecule has 6 heteroatoms. The van der Waals surface area contributed by atoms with E-state index in [1.54, 1.807) is 6.07 Å². The Bertz CT molecular complexity index is 451. The maximum absolute atomic E-state index is 11.4. The van der Waals surface area contributed by atoms with Gasteiger partial charge in [0, 0.05) is 15.9 Å². The van der Waals surface area contributed by atoms with E-state index in [4.69, 9.17) is 11.6 Å². The Labute approximate surface area is 119 Å². The molecule has 0 saturated carbocycles. The largest absolute Gasteiger partial charge is 0.468 e. The van der Waals surface area contributed by atoms with Gasteiger partial charge in [0.2, 0.25) is 5.91 Å². The molecule has 0 heterocycles. The minimum atomic E-state index is -0.468. The summed E-state index contributed by atoms with van der Waals surface area (Å²) in [5.41, 5.74) is 0.896. The minimum absolute atomic E-state index is 0.108. The molecule has 1 rings (SSSR count). The Morgan fingerprint density at radius 1 is 1.44 bits per heavy atom. The fourth-order valence-electron chi connectivity index (χ4n) is 1.30. The molecule has 0 aliphatic heterocycles. The van der Waals surface area contributed by atoms with Crippen molar-refractivity contribution >= 4 is 39.4 Å². The topological polar surface area (TPSA) is 55.4 Å². The van der Waals surface area contributed by atoms with Gasteiger partial charge in [-0.25, -0.2) is 0 Å². The molecule has 1 aromatic rings. The van der Waals surface area contributed by atoms with E-state index in [9.17, 15) is 9.59 Å². The van der Waals surface area contributed by atoms with Gasteiger partial charge in [0.1, 0.15) is 6.54 Å². The first-order valence-corrected chi connectivity index (χ1v) is 6.47. The van der Waals surface area contributed by atoms with Gasteiger partial charge in [0.15, 0.2) is 0 Å². The highest BCUT2D eigenvalue weighted by molar-refractivity contribution is 9.10. The van der Waals surface area contributed by atoms with E-state index in [1.165, 1.54) is 7.11 Å². The minimum Gasteiger partial charge on any atom is -0.468 e. The maximum Gasteiger partial charge on any atom is 0.325 e. The van der Waals surface area contributed by atoms with Crippen LogP contribution in [0, 0.1) is 0 Å². The van der Waals surface area contributed by atoms with Crippen LogP contribution in [0.15, 0.2) is 22.7 Å². The van der Waals surface area contributed by atoms with Crippen LogP contribution in [0.5, 0.6) is 0 Å². The molecule has 0 aromatic heterocycles. The van der Waals surface area contributed by atoms with Crippen molar-refractivity contribution in [2.24, 2.45) is 0 Å². The van der Waals surface area contributed by atoms with Crippen molar-refractivity contribution in [3.63, 3.8) is 0 Å². The number of carbonyl (C=O) groups excluding carboxylic acids is 2. The van der Waals surface area contributed by atoms with E-state index in [2.05, 4.69) is 26.0 Å². The summed E-state index contributed by atoms with van der Waals surface area (Å²) in [4.78, 5) is 22.3. The van der Waals surface area contributed by atoms with Gasteiger partial charge in [0.05, 0.1) is 7.11 Å². The smallest absolute Gasteiger partial charge is 0.325 e. The maximum atomic E-state index is 11.4. The molecule has 0 aliphatic rings. The molecule has 98 valence electrons. The van der Waals surface area contributed by atoms with Crippen LogP contribution in [0.1, 0.15) is 12.0 Å². The molecule has 0 aliphatic carbocycles. The van der Waals surface area contributed by atoms with Gasteiger partial charge in [-0.1, -0.05) is 33.6 Å². The summed E-state index contributed by atoms with van der Waals surface area (Å²) in [6, 6.07) is 5.51. The van der Waals surface area contributed by atoms with E-state index in [0.29, 0.717) is 11.4 Å². The van der Waals surface area contributed by atoms with E-state index in [-0.39, 0.29) is 18.9 Å². The second kappa shape index (κ2) is 7.38. The second-order valence-corrected chi connectivity index (χ2v) is 4.91. The van der Waals surface area contributed by atoms with Crippen molar-refractivity contribution in [2.45, 2.75) is 12.8 Å². The zero-order valence-electron chi connectivity index (χ0n) is 9.83. The van der Waals surface area contributed by atoms with Crippen LogP contribution in [-0.2, 0) is 20.7 Å². The number of hydrogen-bond donors (Lipinski definition) is 1. The number of rotatable bonds is 5. The number of carbonyl (C=O) groups is 2. The molecule has 0 atom stereocenters. The first-order chi connectivity index (χ1) is 8.52. The van der Waals surface area contributed by atoms with Crippen LogP contribution in [0.25, 0.3) is 0 Å². The summed E-state index contributed by atoms with van der Waals surface area (Å²) in [5, 5.41) is 3.08. The summed E-state index contributed by atoms with van der Waals surface area (Å²) in [6.07, 6.45) is 0.803. The third-order valence-corrected chi connectivity index (χ3v) is 3.14. The lowest BCUT2D eigenvalue weighted by molar-refractivity contribution is -0.141. The first kappa shape index (κ1) is 15.0. The van der Waals surface area contributed by atoms with Crippen LogP contribution in [-0.4, -0.2) is 25.5 Å². The highest BCUT2D eigenvalue weighted by Crippen LogP contribution is 2.22. The Morgan fingerprint density at radius 2 is 2.17 bits per heavy atom. The summed E-state index contributed by atoms with van der Waals surface area (Å²) in [5.74, 6) is -0.676. The SMILES string of the molecule is COC(=O)CNC(=O)CCc1ccc(Br)cc1Cl. The summed E-state index contributed by atoms with van der Waals surface area (Å²) in [6.45, 7) is -0.108. The zero-order chi connectivity index (χ0) is 13.5. The molecule has 0 unspecified atom stereocenters. The van der Waals surface area contributed by atoms with E-state index < -0.39 is 5.97 Å². The van der Waals surface area contributed by atoms with E-state index in [1.807, 2.05) is 12.1 Å². The molecular formula is C12H13BrClNO3. The van der Waals surface area contributed by atoms with Crippen LogP contribution in [0.3, 0.4) is 0 Å². The van der Waals surface area contributed by atoms with Gasteiger partial charge in [-0.05, 0) is 24.1 Å². The average molecular weight is 335 g/mol. The number of amides is 1. The number of aryl methyl sites for hydroxylation is 1. The van der Waals surface area contributed by atoms with Crippen LogP contribution < -0.4 is 5.32 Å². The second-order valence-electron chi connectivity index (χ2n) is 3.59. The molecule has 0 spiro atoms. The molecule has 0 fully saturated rings. The van der Waals surface area contributed by atoms with Crippen molar-refractivity contribution in [3.05, 3.63) is 33.3 Å². The Morgan fingerprint density at radius 3 is 2.78 bits per heavy atom. The lowest BCUT2D eigenvalue weighted by atomic mass is 10.1. The predicted octanol–water partition coefficient (Wildman–Crippen LogP) is 2.32. The molecule has 0 saturated heterocycles. The number of nitrogens with one attached hydrogen (secondary N) is 1. The third kappa shape index (κ3) is 5.06. The van der Waals surface area contributed by atoms with Crippen molar-refractivity contribution in [3.8, 4) is 0 Å². The van der Waals surface area contributed by atoms with Crippen molar-refractivity contribution in [2.75, 3.05) is 13.7 Å². The van der Waals surface area contributed by atoms with E-state index >= 15 is 0 Å². The lowest BCUT2D eigenvalue weighted by Crippen LogP contribution is -2.30. The zero-order valence-corrected chi connectivity index (χ0v) is 12.2. The normalized spacial score (nSPS) is 9.94. The first-order valence-electron chi connectivity index (χ1n) is 5.30. The number of methoxy groups -OCH3 is 1. The lowest BCUT2D eigenvalue weighted by Gasteiger charge is -2.06. The highest BCUT2D eigenvalue weighted by atomic mass is 79.9. The Kier molecular flexibility index (Phi) is 6.15. The molecule has 4 nitrogen and oxygen atoms in total. The highest BCUT2D eigenvalue weighted by Gasteiger charge is 2.07. The number of esters is 1. The van der Waals surface area contributed by atoms with Gasteiger partial charge in [-0.2, -0.15) is 0 Å². The summed E-state index contributed by atoms with van der Waals surface area (Å²) < 4.78 is 5.31. The Balaban J connectivity index is 2.40. The molecule has 1 N–H and O–H groups in total. The molecule has 1 aromatic carbocycles.